The molecule has 0 spiro atoms. The van der Waals surface area contributed by atoms with Gasteiger partial charge < -0.3 is 24.8 Å². The van der Waals surface area contributed by atoms with Crippen molar-refractivity contribution in [1.82, 2.24) is 15.3 Å². The zero-order chi connectivity index (χ0) is 24.4. The number of aromatic nitrogens is 2. The van der Waals surface area contributed by atoms with Crippen molar-refractivity contribution >= 4 is 11.7 Å². The minimum atomic E-state index is -5.06. The molecule has 1 aliphatic heterocycles. The molecule has 180 valence electrons. The first kappa shape index (κ1) is 24.6. The van der Waals surface area contributed by atoms with E-state index in [9.17, 15) is 27.5 Å². The van der Waals surface area contributed by atoms with Gasteiger partial charge in [0.05, 0.1) is 30.1 Å². The number of hydrogen-bond acceptors (Lipinski definition) is 7. The van der Waals surface area contributed by atoms with Gasteiger partial charge in [-0.3, -0.25) is 9.78 Å². The number of benzene rings is 1. The highest BCUT2D eigenvalue weighted by molar-refractivity contribution is 5.92. The molecule has 1 saturated heterocycles. The van der Waals surface area contributed by atoms with Crippen molar-refractivity contribution in [2.75, 3.05) is 25.1 Å². The smallest absolute Gasteiger partial charge is 0.403 e. The summed E-state index contributed by atoms with van der Waals surface area (Å²) in [7, 11) is 1.62. The van der Waals surface area contributed by atoms with E-state index < -0.39 is 35.5 Å². The maximum atomic E-state index is 14.2. The molecular formula is C21H24F4N4O4. The normalized spacial score (nSPS) is 17.7. The number of carbonyl (C=O) groups is 1. The molecule has 3 rings (SSSR count). The predicted molar refractivity (Wildman–Crippen MR) is 109 cm³/mol. The highest BCUT2D eigenvalue weighted by Gasteiger charge is 2.34. The van der Waals surface area contributed by atoms with Gasteiger partial charge in [-0.15, -0.1) is 13.2 Å². The van der Waals surface area contributed by atoms with Gasteiger partial charge in [-0.25, -0.2) is 9.37 Å². The molecule has 33 heavy (non-hydrogen) atoms. The molecule has 1 amide bonds. The van der Waals surface area contributed by atoms with Crippen LogP contribution in [-0.2, 0) is 4.74 Å². The van der Waals surface area contributed by atoms with E-state index in [4.69, 9.17) is 4.74 Å². The van der Waals surface area contributed by atoms with Crippen LogP contribution >= 0.6 is 0 Å². The highest BCUT2D eigenvalue weighted by Crippen LogP contribution is 2.31. The Labute approximate surface area is 187 Å². The molecule has 0 saturated carbocycles. The minimum Gasteiger partial charge on any atom is -0.403 e. The fraction of sp³-hybridized carbons (Fsp3) is 0.476. The van der Waals surface area contributed by atoms with Gasteiger partial charge in [0.2, 0.25) is 0 Å². The molecule has 12 heteroatoms. The number of anilines is 1. The fourth-order valence-electron chi connectivity index (χ4n) is 3.52. The number of amides is 1. The number of aliphatic hydroxyl groups is 1. The molecule has 1 aliphatic rings. The van der Waals surface area contributed by atoms with Gasteiger partial charge >= 0.3 is 6.36 Å². The lowest BCUT2D eigenvalue weighted by molar-refractivity contribution is -0.275. The van der Waals surface area contributed by atoms with Gasteiger partial charge in [0, 0.05) is 20.2 Å². The fourth-order valence-corrected chi connectivity index (χ4v) is 3.52. The summed E-state index contributed by atoms with van der Waals surface area (Å²) in [5.74, 6) is -2.54. The summed E-state index contributed by atoms with van der Waals surface area (Å²) in [5, 5.41) is 13.1. The van der Waals surface area contributed by atoms with Crippen LogP contribution in [0.1, 0.15) is 42.4 Å². The van der Waals surface area contributed by atoms with Crippen molar-refractivity contribution in [3.63, 3.8) is 0 Å². The Bertz CT molecular complexity index is 997. The average molecular weight is 472 g/mol. The quantitative estimate of drug-likeness (QED) is 0.598. The van der Waals surface area contributed by atoms with Crippen molar-refractivity contribution in [3.8, 4) is 5.75 Å². The van der Waals surface area contributed by atoms with E-state index in [2.05, 4.69) is 20.0 Å². The van der Waals surface area contributed by atoms with Crippen molar-refractivity contribution in [2.45, 2.75) is 44.4 Å². The van der Waals surface area contributed by atoms with Crippen LogP contribution in [0.5, 0.6) is 5.75 Å². The molecule has 0 unspecified atom stereocenters. The Kier molecular flexibility index (Phi) is 7.08. The third kappa shape index (κ3) is 6.29. The molecule has 0 bridgehead atoms. The molecule has 1 aromatic heterocycles. The number of nitrogens with zero attached hydrogens (tertiary/aromatic N) is 3. The standard InChI is InChI=1S/C21H24F4N4O4/c1-20(2,31)18(12-4-5-16(14(22)8-12)33-21(23,24)25)28-19(30)15-9-26-10-17(27-15)29-7-6-13(11-29)32-3/h4-5,8-10,13,18,31H,6-7,11H2,1-3H3,(H,28,30)/t13-,18-/m0/s1. The summed E-state index contributed by atoms with van der Waals surface area (Å²) < 4.78 is 60.4. The van der Waals surface area contributed by atoms with Gasteiger partial charge in [0.1, 0.15) is 11.5 Å². The van der Waals surface area contributed by atoms with E-state index in [-0.39, 0.29) is 17.4 Å². The third-order valence-electron chi connectivity index (χ3n) is 5.15. The van der Waals surface area contributed by atoms with Crippen molar-refractivity contribution < 1.29 is 36.9 Å². The molecular weight excluding hydrogens is 448 g/mol. The second-order valence-electron chi connectivity index (χ2n) is 8.15. The van der Waals surface area contributed by atoms with Crippen LogP contribution in [0.3, 0.4) is 0 Å². The number of halogens is 4. The number of rotatable bonds is 7. The molecule has 2 heterocycles. The number of carbonyl (C=O) groups excluding carboxylic acids is 1. The first-order valence-electron chi connectivity index (χ1n) is 10.1. The van der Waals surface area contributed by atoms with Gasteiger partial charge in [0.25, 0.3) is 5.91 Å². The van der Waals surface area contributed by atoms with Crippen molar-refractivity contribution in [3.05, 3.63) is 47.7 Å². The lowest BCUT2D eigenvalue weighted by atomic mass is 9.91. The highest BCUT2D eigenvalue weighted by atomic mass is 19.4. The zero-order valence-electron chi connectivity index (χ0n) is 18.2. The summed E-state index contributed by atoms with van der Waals surface area (Å²) in [5.41, 5.74) is -1.60. The molecule has 1 aromatic carbocycles. The number of hydrogen-bond donors (Lipinski definition) is 2. The molecule has 2 atom stereocenters. The largest absolute Gasteiger partial charge is 0.573 e. The van der Waals surface area contributed by atoms with Gasteiger partial charge in [-0.05, 0) is 38.0 Å². The average Bonchev–Trinajstić information content (AvgIpc) is 3.21. The maximum Gasteiger partial charge on any atom is 0.573 e. The maximum absolute atomic E-state index is 14.2. The van der Waals surface area contributed by atoms with Crippen LogP contribution < -0.4 is 15.0 Å². The molecule has 1 fully saturated rings. The molecule has 8 nitrogen and oxygen atoms in total. The first-order chi connectivity index (χ1) is 15.4. The number of methoxy groups -OCH3 is 1. The van der Waals surface area contributed by atoms with E-state index >= 15 is 0 Å². The SMILES string of the molecule is CO[C@H]1CCN(c2cncc(C(=O)N[C@@H](c3ccc(OC(F)(F)F)c(F)c3)C(C)(C)O)n2)C1. The van der Waals surface area contributed by atoms with Crippen LogP contribution in [0.4, 0.5) is 23.4 Å². The summed E-state index contributed by atoms with van der Waals surface area (Å²) in [4.78, 5) is 23.2. The second-order valence-corrected chi connectivity index (χ2v) is 8.15. The van der Waals surface area contributed by atoms with Crippen LogP contribution in [-0.4, -0.2) is 59.2 Å². The Hall–Kier alpha value is -2.99. The number of alkyl halides is 3. The van der Waals surface area contributed by atoms with Gasteiger partial charge in [0.15, 0.2) is 11.6 Å². The number of nitrogens with one attached hydrogen (secondary N) is 1. The van der Waals surface area contributed by atoms with Crippen LogP contribution in [0.15, 0.2) is 30.6 Å². The van der Waals surface area contributed by atoms with Crippen LogP contribution in [0.2, 0.25) is 0 Å². The van der Waals surface area contributed by atoms with Crippen LogP contribution in [0, 0.1) is 5.82 Å². The Balaban J connectivity index is 1.81. The van der Waals surface area contributed by atoms with E-state index in [1.165, 1.54) is 26.2 Å². The molecule has 2 N–H and O–H groups in total. The van der Waals surface area contributed by atoms with Crippen LogP contribution in [0.25, 0.3) is 0 Å². The summed E-state index contributed by atoms with van der Waals surface area (Å²) >= 11 is 0. The summed E-state index contributed by atoms with van der Waals surface area (Å²) in [6.07, 6.45) is -1.46. The number of ether oxygens (including phenoxy) is 2. The minimum absolute atomic E-state index is 0.0365. The first-order valence-corrected chi connectivity index (χ1v) is 10.1. The third-order valence-corrected chi connectivity index (χ3v) is 5.15. The van der Waals surface area contributed by atoms with E-state index in [1.807, 2.05) is 4.90 Å². The zero-order valence-corrected chi connectivity index (χ0v) is 18.2. The molecule has 0 radical (unpaired) electrons. The Morgan fingerprint density at radius 1 is 1.30 bits per heavy atom. The molecule has 0 aliphatic carbocycles. The lowest BCUT2D eigenvalue weighted by Gasteiger charge is -2.30. The predicted octanol–water partition coefficient (Wildman–Crippen LogP) is 2.98. The van der Waals surface area contributed by atoms with Crippen molar-refractivity contribution in [2.24, 2.45) is 0 Å². The van der Waals surface area contributed by atoms with Crippen molar-refractivity contribution in [1.29, 1.82) is 0 Å². The van der Waals surface area contributed by atoms with E-state index in [0.29, 0.717) is 18.9 Å². The van der Waals surface area contributed by atoms with Gasteiger partial charge in [-0.1, -0.05) is 6.07 Å². The Morgan fingerprint density at radius 2 is 2.03 bits per heavy atom. The Morgan fingerprint density at radius 3 is 2.61 bits per heavy atom. The van der Waals surface area contributed by atoms with Gasteiger partial charge in [-0.2, -0.15) is 0 Å². The molecule has 2 aromatic rings. The van der Waals surface area contributed by atoms with E-state index in [1.54, 1.807) is 7.11 Å². The topological polar surface area (TPSA) is 96.8 Å². The monoisotopic (exact) mass is 472 g/mol. The summed E-state index contributed by atoms with van der Waals surface area (Å²) in [6.45, 7) is 4.00. The summed E-state index contributed by atoms with van der Waals surface area (Å²) in [6, 6.07) is 1.50. The second kappa shape index (κ2) is 9.48. The lowest BCUT2D eigenvalue weighted by Crippen LogP contribution is -2.42. The van der Waals surface area contributed by atoms with E-state index in [0.717, 1.165) is 24.6 Å².